The highest BCUT2D eigenvalue weighted by Crippen LogP contribution is 1.82. The molecule has 2 aromatic heterocycles. The molecule has 0 radical (unpaired) electrons. The lowest BCUT2D eigenvalue weighted by atomic mass is 10.3. The Kier molecular flexibility index (Phi) is 7.06. The molecule has 0 saturated heterocycles. The predicted molar refractivity (Wildman–Crippen MR) is 82.6 cm³/mol. The van der Waals surface area contributed by atoms with Gasteiger partial charge in [-0.05, 0) is 0 Å². The molecule has 0 aliphatic carbocycles. The zero-order valence-electron chi connectivity index (χ0n) is 12.3. The molecule has 130 valence electrons. The second-order valence-electron chi connectivity index (χ2n) is 4.40. The SMILES string of the molecule is NCc1c[nH]c(=O)[nH]c1=O.O=C(O)CNCc1c[nH]c(=O)[nH]c1=O. The van der Waals surface area contributed by atoms with E-state index in [2.05, 4.69) is 15.3 Å². The van der Waals surface area contributed by atoms with Gasteiger partial charge in [-0.15, -0.1) is 0 Å². The average Bonchev–Trinajstić information content (AvgIpc) is 2.50. The van der Waals surface area contributed by atoms with Crippen LogP contribution in [0, 0.1) is 0 Å². The minimum Gasteiger partial charge on any atom is -0.480 e. The standard InChI is InChI=1S/C7H9N3O4.C5H7N3O2/c11-5(12)3-8-1-4-2-9-7(14)10-6(4)13;6-1-3-2-7-5(10)8-4(3)9/h2,8H,1,3H2,(H,11,12)(H2,9,10,13,14);2H,1,6H2,(H2,7,8,9,10). The molecule has 12 heteroatoms. The van der Waals surface area contributed by atoms with Crippen LogP contribution in [-0.2, 0) is 17.9 Å². The molecule has 24 heavy (non-hydrogen) atoms. The third-order valence-electron chi connectivity index (χ3n) is 2.60. The molecule has 2 heterocycles. The number of aromatic nitrogens is 4. The maximum atomic E-state index is 11.1. The molecule has 0 aliphatic heterocycles. The largest absolute Gasteiger partial charge is 0.480 e. The van der Waals surface area contributed by atoms with Gasteiger partial charge in [-0.25, -0.2) is 9.59 Å². The van der Waals surface area contributed by atoms with Crippen LogP contribution in [0.5, 0.6) is 0 Å². The molecule has 0 atom stereocenters. The van der Waals surface area contributed by atoms with Crippen LogP contribution in [0.3, 0.4) is 0 Å². The molecule has 8 N–H and O–H groups in total. The zero-order chi connectivity index (χ0) is 18.1. The maximum absolute atomic E-state index is 11.1. The third kappa shape index (κ3) is 6.25. The minimum absolute atomic E-state index is 0.0956. The van der Waals surface area contributed by atoms with Crippen molar-refractivity contribution >= 4 is 5.97 Å². The fourth-order valence-electron chi connectivity index (χ4n) is 1.46. The highest BCUT2D eigenvalue weighted by atomic mass is 16.4. The summed E-state index contributed by atoms with van der Waals surface area (Å²) in [6, 6.07) is 0. The lowest BCUT2D eigenvalue weighted by molar-refractivity contribution is -0.136. The Morgan fingerprint density at radius 2 is 1.50 bits per heavy atom. The summed E-state index contributed by atoms with van der Waals surface area (Å²) in [5, 5.41) is 10.8. The zero-order valence-corrected chi connectivity index (χ0v) is 12.3. The number of nitrogens with two attached hydrogens (primary N) is 1. The summed E-state index contributed by atoms with van der Waals surface area (Å²) in [5.74, 6) is -1.01. The van der Waals surface area contributed by atoms with E-state index in [-0.39, 0.29) is 25.2 Å². The van der Waals surface area contributed by atoms with E-state index in [1.165, 1.54) is 12.4 Å². The summed E-state index contributed by atoms with van der Waals surface area (Å²) in [6.07, 6.45) is 2.55. The Bertz CT molecular complexity index is 907. The Morgan fingerprint density at radius 3 is 1.92 bits per heavy atom. The number of hydrogen-bond donors (Lipinski definition) is 7. The molecule has 2 rings (SSSR count). The molecule has 12 nitrogen and oxygen atoms in total. The predicted octanol–water partition coefficient (Wildman–Crippen LogP) is -3.24. The summed E-state index contributed by atoms with van der Waals surface area (Å²) in [6.45, 7) is -0.0108. The average molecular weight is 340 g/mol. The molecule has 0 bridgehead atoms. The van der Waals surface area contributed by atoms with Crippen LogP contribution in [0.15, 0.2) is 31.6 Å². The molecule has 0 aromatic carbocycles. The van der Waals surface area contributed by atoms with Crippen LogP contribution in [0.1, 0.15) is 11.1 Å². The summed E-state index contributed by atoms with van der Waals surface area (Å²) in [5.41, 5.74) is 3.77. The Morgan fingerprint density at radius 1 is 1.00 bits per heavy atom. The Hall–Kier alpha value is -3.25. The number of H-pyrrole nitrogens is 4. The first-order valence-corrected chi connectivity index (χ1v) is 6.57. The summed E-state index contributed by atoms with van der Waals surface area (Å²) >= 11 is 0. The van der Waals surface area contributed by atoms with Crippen molar-refractivity contribution in [2.45, 2.75) is 13.1 Å². The van der Waals surface area contributed by atoms with E-state index in [1.807, 2.05) is 9.97 Å². The summed E-state index contributed by atoms with van der Waals surface area (Å²) in [7, 11) is 0. The smallest absolute Gasteiger partial charge is 0.325 e. The lowest BCUT2D eigenvalue weighted by Crippen LogP contribution is -2.29. The van der Waals surface area contributed by atoms with Crippen molar-refractivity contribution < 1.29 is 9.90 Å². The van der Waals surface area contributed by atoms with Crippen LogP contribution in [0.2, 0.25) is 0 Å². The van der Waals surface area contributed by atoms with Crippen LogP contribution >= 0.6 is 0 Å². The first-order valence-electron chi connectivity index (χ1n) is 6.57. The van der Waals surface area contributed by atoms with Crippen molar-refractivity contribution in [2.75, 3.05) is 6.54 Å². The number of aromatic amines is 4. The molecule has 2 aromatic rings. The first-order chi connectivity index (χ1) is 11.3. The van der Waals surface area contributed by atoms with Crippen molar-refractivity contribution in [1.29, 1.82) is 0 Å². The van der Waals surface area contributed by atoms with Crippen LogP contribution in [-0.4, -0.2) is 37.6 Å². The van der Waals surface area contributed by atoms with Gasteiger partial charge < -0.3 is 26.1 Å². The van der Waals surface area contributed by atoms with Gasteiger partial charge in [-0.3, -0.25) is 24.4 Å². The molecule has 0 saturated carbocycles. The fraction of sp³-hybridized carbons (Fsp3) is 0.250. The minimum atomic E-state index is -1.01. The number of carboxylic acid groups (broad SMARTS) is 1. The van der Waals surface area contributed by atoms with E-state index in [4.69, 9.17) is 10.8 Å². The number of aliphatic carboxylic acids is 1. The Labute approximate surface area is 132 Å². The van der Waals surface area contributed by atoms with E-state index in [9.17, 15) is 24.0 Å². The lowest BCUT2D eigenvalue weighted by Gasteiger charge is -1.99. The summed E-state index contributed by atoms with van der Waals surface area (Å²) < 4.78 is 0. The molecule has 0 fully saturated rings. The quantitative estimate of drug-likeness (QED) is 0.293. The normalized spacial score (nSPS) is 9.88. The van der Waals surface area contributed by atoms with Crippen LogP contribution in [0.4, 0.5) is 0 Å². The highest BCUT2D eigenvalue weighted by Gasteiger charge is 2.01. The topological polar surface area (TPSA) is 207 Å². The van der Waals surface area contributed by atoms with Gasteiger partial charge in [0, 0.05) is 36.6 Å². The number of carbonyl (C=O) groups is 1. The first kappa shape index (κ1) is 18.8. The van der Waals surface area contributed by atoms with Crippen molar-refractivity contribution in [3.8, 4) is 0 Å². The fourth-order valence-corrected chi connectivity index (χ4v) is 1.46. The highest BCUT2D eigenvalue weighted by molar-refractivity contribution is 5.68. The van der Waals surface area contributed by atoms with E-state index in [0.717, 1.165) is 0 Å². The van der Waals surface area contributed by atoms with Gasteiger partial charge in [0.25, 0.3) is 11.1 Å². The van der Waals surface area contributed by atoms with Crippen molar-refractivity contribution in [2.24, 2.45) is 5.73 Å². The number of rotatable bonds is 5. The summed E-state index contributed by atoms with van der Waals surface area (Å²) in [4.78, 5) is 61.5. The number of carboxylic acids is 1. The van der Waals surface area contributed by atoms with Gasteiger partial charge in [-0.1, -0.05) is 0 Å². The second-order valence-corrected chi connectivity index (χ2v) is 4.40. The number of nitrogens with one attached hydrogen (secondary N) is 5. The molecule has 0 amide bonds. The van der Waals surface area contributed by atoms with E-state index >= 15 is 0 Å². The van der Waals surface area contributed by atoms with Gasteiger partial charge in [-0.2, -0.15) is 0 Å². The molecule has 0 aliphatic rings. The van der Waals surface area contributed by atoms with E-state index in [0.29, 0.717) is 5.56 Å². The van der Waals surface area contributed by atoms with Gasteiger partial charge in [0.15, 0.2) is 0 Å². The van der Waals surface area contributed by atoms with Crippen molar-refractivity contribution in [3.63, 3.8) is 0 Å². The van der Waals surface area contributed by atoms with Crippen molar-refractivity contribution in [1.82, 2.24) is 25.3 Å². The molecule has 0 spiro atoms. The van der Waals surface area contributed by atoms with Gasteiger partial charge in [0.1, 0.15) is 0 Å². The van der Waals surface area contributed by atoms with Crippen molar-refractivity contribution in [3.05, 3.63) is 65.2 Å². The maximum Gasteiger partial charge on any atom is 0.325 e. The Balaban J connectivity index is 0.000000254. The van der Waals surface area contributed by atoms with E-state index in [1.54, 1.807) is 0 Å². The molecular formula is C12H16N6O6. The van der Waals surface area contributed by atoms with E-state index < -0.39 is 28.5 Å². The van der Waals surface area contributed by atoms with Crippen LogP contribution < -0.4 is 33.5 Å². The third-order valence-corrected chi connectivity index (χ3v) is 2.60. The van der Waals surface area contributed by atoms with Gasteiger partial charge in [0.2, 0.25) is 0 Å². The van der Waals surface area contributed by atoms with Gasteiger partial charge in [0.05, 0.1) is 6.54 Å². The number of hydrogen-bond acceptors (Lipinski definition) is 7. The van der Waals surface area contributed by atoms with Gasteiger partial charge >= 0.3 is 17.3 Å². The molecule has 0 unspecified atom stereocenters. The molecular weight excluding hydrogens is 324 g/mol. The monoisotopic (exact) mass is 340 g/mol. The van der Waals surface area contributed by atoms with Crippen LogP contribution in [0.25, 0.3) is 0 Å². The second kappa shape index (κ2) is 9.02.